The highest BCUT2D eigenvalue weighted by atomic mass is 35.5. The Hall–Kier alpha value is -2.71. The SMILES string of the molecule is Nc1oc(-c2ccc(Cl)cc2)c(O)c1OS(=O)(=O)Cc1ccc(F)cc1. The van der Waals surface area contributed by atoms with Gasteiger partial charge in [0.25, 0.3) is 0 Å². The molecule has 0 amide bonds. The summed E-state index contributed by atoms with van der Waals surface area (Å²) in [5, 5.41) is 10.7. The molecule has 0 aliphatic heterocycles. The van der Waals surface area contributed by atoms with Crippen LogP contribution >= 0.6 is 11.6 Å². The molecule has 0 bridgehead atoms. The average molecular weight is 398 g/mol. The highest BCUT2D eigenvalue weighted by Gasteiger charge is 2.26. The van der Waals surface area contributed by atoms with Crippen LogP contribution in [0.25, 0.3) is 11.3 Å². The molecule has 0 radical (unpaired) electrons. The summed E-state index contributed by atoms with van der Waals surface area (Å²) in [6.07, 6.45) is 0. The molecule has 0 aliphatic rings. The van der Waals surface area contributed by atoms with Crippen molar-refractivity contribution in [1.82, 2.24) is 0 Å². The van der Waals surface area contributed by atoms with Gasteiger partial charge in [-0.3, -0.25) is 0 Å². The number of nitrogens with two attached hydrogens (primary N) is 1. The smallest absolute Gasteiger partial charge is 0.313 e. The van der Waals surface area contributed by atoms with E-state index >= 15 is 0 Å². The summed E-state index contributed by atoms with van der Waals surface area (Å²) < 4.78 is 47.5. The highest BCUT2D eigenvalue weighted by Crippen LogP contribution is 2.45. The number of nitrogen functional groups attached to an aromatic ring is 1. The number of benzene rings is 2. The van der Waals surface area contributed by atoms with Crippen LogP contribution in [0, 0.1) is 5.82 Å². The number of hydrogen-bond donors (Lipinski definition) is 2. The van der Waals surface area contributed by atoms with Crippen LogP contribution in [0.4, 0.5) is 10.3 Å². The number of furan rings is 1. The van der Waals surface area contributed by atoms with Gasteiger partial charge in [-0.2, -0.15) is 8.42 Å². The second-order valence-corrected chi connectivity index (χ2v) is 7.40. The Balaban J connectivity index is 1.87. The fourth-order valence-corrected chi connectivity index (χ4v) is 3.44. The van der Waals surface area contributed by atoms with Gasteiger partial charge in [0.2, 0.25) is 17.4 Å². The van der Waals surface area contributed by atoms with Gasteiger partial charge in [-0.1, -0.05) is 23.7 Å². The molecular formula is C17H13ClFNO5S. The highest BCUT2D eigenvalue weighted by molar-refractivity contribution is 7.86. The Labute approximate surface area is 153 Å². The number of aromatic hydroxyl groups is 1. The molecule has 26 heavy (non-hydrogen) atoms. The van der Waals surface area contributed by atoms with Crippen LogP contribution in [0.1, 0.15) is 5.56 Å². The lowest BCUT2D eigenvalue weighted by atomic mass is 10.1. The molecule has 3 rings (SSSR count). The Bertz CT molecular complexity index is 1030. The van der Waals surface area contributed by atoms with Crippen molar-refractivity contribution in [3.05, 3.63) is 64.9 Å². The first-order valence-electron chi connectivity index (χ1n) is 7.29. The largest absolute Gasteiger partial charge is 0.501 e. The van der Waals surface area contributed by atoms with Gasteiger partial charge in [0.1, 0.15) is 11.6 Å². The van der Waals surface area contributed by atoms with Gasteiger partial charge in [0.15, 0.2) is 5.76 Å². The zero-order valence-corrected chi connectivity index (χ0v) is 14.7. The van der Waals surface area contributed by atoms with Gasteiger partial charge < -0.3 is 19.4 Å². The van der Waals surface area contributed by atoms with E-state index in [1.807, 2.05) is 0 Å². The summed E-state index contributed by atoms with van der Waals surface area (Å²) in [5.41, 5.74) is 6.38. The summed E-state index contributed by atoms with van der Waals surface area (Å²) >= 11 is 5.80. The molecule has 3 N–H and O–H groups in total. The van der Waals surface area contributed by atoms with Gasteiger partial charge in [0.05, 0.1) is 0 Å². The first-order chi connectivity index (χ1) is 12.2. The lowest BCUT2D eigenvalue weighted by Crippen LogP contribution is -2.12. The third-order valence-corrected chi connectivity index (χ3v) is 4.80. The standard InChI is InChI=1S/C17H13ClFNO5S/c18-12-5-3-11(4-6-12)15-14(21)16(17(20)24-15)25-26(22,23)9-10-1-7-13(19)8-2-10/h1-8,21H,9,20H2. The molecule has 6 nitrogen and oxygen atoms in total. The molecule has 9 heteroatoms. The molecule has 0 unspecified atom stereocenters. The molecule has 0 saturated carbocycles. The molecule has 1 aromatic heterocycles. The molecule has 0 atom stereocenters. The number of rotatable bonds is 5. The van der Waals surface area contributed by atoms with Crippen molar-refractivity contribution in [3.63, 3.8) is 0 Å². The molecule has 3 aromatic rings. The predicted molar refractivity (Wildman–Crippen MR) is 94.9 cm³/mol. The van der Waals surface area contributed by atoms with Crippen molar-refractivity contribution in [3.8, 4) is 22.8 Å². The minimum absolute atomic E-state index is 0.0499. The Morgan fingerprint density at radius 3 is 2.35 bits per heavy atom. The Kier molecular flexibility index (Phi) is 4.80. The topological polar surface area (TPSA) is 103 Å². The van der Waals surface area contributed by atoms with Crippen molar-refractivity contribution in [2.45, 2.75) is 5.75 Å². The molecule has 0 fully saturated rings. The van der Waals surface area contributed by atoms with E-state index < -0.39 is 39.1 Å². The van der Waals surface area contributed by atoms with Crippen LogP contribution in [0.15, 0.2) is 52.9 Å². The van der Waals surface area contributed by atoms with Crippen LogP contribution in [0.5, 0.6) is 11.5 Å². The fraction of sp³-hybridized carbons (Fsp3) is 0.0588. The van der Waals surface area contributed by atoms with Gasteiger partial charge in [-0.15, -0.1) is 0 Å². The fourth-order valence-electron chi connectivity index (χ4n) is 2.24. The van der Waals surface area contributed by atoms with E-state index in [2.05, 4.69) is 0 Å². The van der Waals surface area contributed by atoms with Crippen molar-refractivity contribution in [2.24, 2.45) is 0 Å². The van der Waals surface area contributed by atoms with Gasteiger partial charge in [-0.05, 0) is 42.0 Å². The normalized spacial score (nSPS) is 11.5. The number of hydrogen-bond acceptors (Lipinski definition) is 6. The van der Waals surface area contributed by atoms with Gasteiger partial charge in [0, 0.05) is 10.6 Å². The zero-order chi connectivity index (χ0) is 18.9. The van der Waals surface area contributed by atoms with Crippen molar-refractivity contribution in [1.29, 1.82) is 0 Å². The summed E-state index contributed by atoms with van der Waals surface area (Å²) in [4.78, 5) is 0. The second-order valence-electron chi connectivity index (χ2n) is 5.39. The molecule has 2 aromatic carbocycles. The van der Waals surface area contributed by atoms with E-state index in [9.17, 15) is 17.9 Å². The van der Waals surface area contributed by atoms with E-state index in [1.165, 1.54) is 12.1 Å². The summed E-state index contributed by atoms with van der Waals surface area (Å²) in [7, 11) is -4.16. The third kappa shape index (κ3) is 3.92. The first-order valence-corrected chi connectivity index (χ1v) is 9.24. The maximum Gasteiger partial charge on any atom is 0.313 e. The molecule has 0 saturated heterocycles. The predicted octanol–water partition coefficient (Wildman–Crippen LogP) is 3.94. The van der Waals surface area contributed by atoms with Crippen LogP contribution in [0.3, 0.4) is 0 Å². The lowest BCUT2D eigenvalue weighted by molar-refractivity contribution is 0.432. The number of anilines is 1. The average Bonchev–Trinajstić information content (AvgIpc) is 2.85. The Morgan fingerprint density at radius 1 is 1.12 bits per heavy atom. The van der Waals surface area contributed by atoms with E-state index in [1.54, 1.807) is 24.3 Å². The van der Waals surface area contributed by atoms with E-state index in [-0.39, 0.29) is 5.76 Å². The zero-order valence-electron chi connectivity index (χ0n) is 13.1. The van der Waals surface area contributed by atoms with E-state index in [4.69, 9.17) is 25.9 Å². The third-order valence-electron chi connectivity index (χ3n) is 3.44. The minimum atomic E-state index is -4.16. The summed E-state index contributed by atoms with van der Waals surface area (Å²) in [6.45, 7) is 0. The molecule has 0 aliphatic carbocycles. The second kappa shape index (κ2) is 6.89. The monoisotopic (exact) mass is 397 g/mol. The van der Waals surface area contributed by atoms with Crippen molar-refractivity contribution >= 4 is 27.6 Å². The van der Waals surface area contributed by atoms with Crippen molar-refractivity contribution in [2.75, 3.05) is 5.73 Å². The summed E-state index contributed by atoms with van der Waals surface area (Å²) in [5.74, 6) is -2.52. The maximum atomic E-state index is 12.9. The first kappa shape index (κ1) is 18.1. The maximum absolute atomic E-state index is 12.9. The van der Waals surface area contributed by atoms with Crippen molar-refractivity contribution < 1.29 is 26.5 Å². The molecule has 0 spiro atoms. The van der Waals surface area contributed by atoms with Gasteiger partial charge in [-0.25, -0.2) is 4.39 Å². The summed E-state index contributed by atoms with van der Waals surface area (Å²) in [6, 6.07) is 11.2. The molecule has 136 valence electrons. The van der Waals surface area contributed by atoms with Crippen LogP contribution < -0.4 is 9.92 Å². The van der Waals surface area contributed by atoms with Gasteiger partial charge >= 0.3 is 10.1 Å². The van der Waals surface area contributed by atoms with E-state index in [0.717, 1.165) is 12.1 Å². The lowest BCUT2D eigenvalue weighted by Gasteiger charge is -2.06. The van der Waals surface area contributed by atoms with Crippen LogP contribution in [0.2, 0.25) is 5.02 Å². The Morgan fingerprint density at radius 2 is 1.73 bits per heavy atom. The van der Waals surface area contributed by atoms with E-state index in [0.29, 0.717) is 16.1 Å². The quantitative estimate of drug-likeness (QED) is 0.632. The number of halogens is 2. The minimum Gasteiger partial charge on any atom is -0.501 e. The van der Waals surface area contributed by atoms with Crippen LogP contribution in [-0.2, 0) is 15.9 Å². The van der Waals surface area contributed by atoms with Crippen LogP contribution in [-0.4, -0.2) is 13.5 Å². The molecule has 1 heterocycles. The molecular weight excluding hydrogens is 385 g/mol.